The second-order valence-corrected chi connectivity index (χ2v) is 14.3. The van der Waals surface area contributed by atoms with Gasteiger partial charge in [0.15, 0.2) is 0 Å². The molecular weight excluding hydrogens is 691 g/mol. The van der Waals surface area contributed by atoms with Gasteiger partial charge in [-0.2, -0.15) is 0 Å². The highest BCUT2D eigenvalue weighted by atomic mass is 16.6. The Kier molecular flexibility index (Phi) is 11.9. The van der Waals surface area contributed by atoms with Crippen LogP contribution in [-0.4, -0.2) is 69.0 Å². The number of amides is 3. The van der Waals surface area contributed by atoms with Crippen LogP contribution in [0.25, 0.3) is 10.9 Å². The Morgan fingerprint density at radius 2 is 1.40 bits per heavy atom. The van der Waals surface area contributed by atoms with Crippen molar-refractivity contribution in [3.05, 3.63) is 162 Å². The van der Waals surface area contributed by atoms with Crippen LogP contribution in [0, 0.1) is 0 Å². The van der Waals surface area contributed by atoms with Crippen molar-refractivity contribution in [1.82, 2.24) is 30.1 Å². The van der Waals surface area contributed by atoms with Gasteiger partial charge < -0.3 is 19.2 Å². The molecule has 11 nitrogen and oxygen atoms in total. The number of nitrogens with zero attached hydrogens (tertiary/aromatic N) is 4. The maximum Gasteiger partial charge on any atom is 0.414 e. The molecule has 0 unspecified atom stereocenters. The van der Waals surface area contributed by atoms with E-state index in [0.717, 1.165) is 33.3 Å². The van der Waals surface area contributed by atoms with Gasteiger partial charge in [0.25, 0.3) is 5.91 Å². The Bertz CT molecular complexity index is 2110. The molecule has 0 fully saturated rings. The zero-order valence-corrected chi connectivity index (χ0v) is 31.7. The Hall–Kier alpha value is -6.49. The van der Waals surface area contributed by atoms with E-state index in [4.69, 9.17) is 9.72 Å². The second-order valence-electron chi connectivity index (χ2n) is 14.3. The van der Waals surface area contributed by atoms with Crippen molar-refractivity contribution in [2.75, 3.05) is 20.1 Å². The number of aryl methyl sites for hydroxylation is 1. The van der Waals surface area contributed by atoms with Gasteiger partial charge in [0, 0.05) is 43.7 Å². The number of alkyl carbamates (subject to hydrolysis) is 1. The van der Waals surface area contributed by atoms with Gasteiger partial charge in [-0.3, -0.25) is 25.2 Å². The molecule has 0 aliphatic carbocycles. The minimum absolute atomic E-state index is 0.0130. The van der Waals surface area contributed by atoms with E-state index < -0.39 is 23.1 Å². The number of ether oxygens (including phenoxy) is 1. The lowest BCUT2D eigenvalue weighted by Crippen LogP contribution is -2.46. The van der Waals surface area contributed by atoms with Crippen LogP contribution in [-0.2, 0) is 21.5 Å². The number of benzene rings is 4. The van der Waals surface area contributed by atoms with E-state index in [2.05, 4.69) is 104 Å². The summed E-state index contributed by atoms with van der Waals surface area (Å²) < 4.78 is 7.59. The van der Waals surface area contributed by atoms with Gasteiger partial charge >= 0.3 is 6.09 Å². The summed E-state index contributed by atoms with van der Waals surface area (Å²) >= 11 is 0. The third-order valence-electron chi connectivity index (χ3n) is 9.12. The van der Waals surface area contributed by atoms with Crippen LogP contribution in [0.2, 0.25) is 0 Å². The minimum Gasteiger partial charge on any atom is -0.444 e. The van der Waals surface area contributed by atoms with E-state index in [1.807, 2.05) is 48.8 Å². The van der Waals surface area contributed by atoms with Crippen molar-refractivity contribution >= 4 is 34.8 Å². The van der Waals surface area contributed by atoms with Crippen molar-refractivity contribution < 1.29 is 19.1 Å². The van der Waals surface area contributed by atoms with Gasteiger partial charge in [0.1, 0.15) is 16.8 Å². The minimum atomic E-state index is -0.752. The number of rotatable bonds is 12. The fourth-order valence-electron chi connectivity index (χ4n) is 6.58. The van der Waals surface area contributed by atoms with Gasteiger partial charge in [-0.1, -0.05) is 109 Å². The standard InChI is InChI=1S/C44H47N7O4/c1-43(2,3)55-42(54)49-41(48-39(52)26-28-50(4)40(53)38-29-32-17-14-15-25-37(32)47-38)45-27-16-24-36-30-51(31-46-36)44(33-18-8-5-9-19-33,34-20-10-6-11-21-34)35-22-12-7-13-23-35/h5-15,17-23,25,29-31,47H,16,24,26-28H2,1-4H3,(H2,45,48,49,52,54). The second kappa shape index (κ2) is 17.1. The van der Waals surface area contributed by atoms with Crippen LogP contribution in [0.3, 0.4) is 0 Å². The third-order valence-corrected chi connectivity index (χ3v) is 9.12. The highest BCUT2D eigenvalue weighted by molar-refractivity contribution is 6.03. The number of carbonyl (C=O) groups excluding carboxylic acids is 3. The molecule has 3 N–H and O–H groups in total. The Balaban J connectivity index is 1.14. The Labute approximate surface area is 321 Å². The number of aromatic amines is 1. The molecule has 2 aromatic heterocycles. The predicted molar refractivity (Wildman–Crippen MR) is 215 cm³/mol. The summed E-state index contributed by atoms with van der Waals surface area (Å²) in [6, 6.07) is 40.6. The molecule has 0 aliphatic heterocycles. The van der Waals surface area contributed by atoms with E-state index >= 15 is 0 Å². The van der Waals surface area contributed by atoms with Gasteiger partial charge in [0.2, 0.25) is 11.9 Å². The normalized spacial score (nSPS) is 12.0. The van der Waals surface area contributed by atoms with Crippen LogP contribution in [0.5, 0.6) is 0 Å². The number of imidazole rings is 1. The zero-order valence-electron chi connectivity index (χ0n) is 31.7. The Morgan fingerprint density at radius 3 is 1.98 bits per heavy atom. The van der Waals surface area contributed by atoms with Crippen molar-refractivity contribution in [3.8, 4) is 0 Å². The molecule has 0 saturated carbocycles. The summed E-state index contributed by atoms with van der Waals surface area (Å²) in [5, 5.41) is 6.21. The maximum atomic E-state index is 13.1. The van der Waals surface area contributed by atoms with E-state index in [1.165, 1.54) is 4.90 Å². The Morgan fingerprint density at radius 1 is 0.818 bits per heavy atom. The van der Waals surface area contributed by atoms with Crippen molar-refractivity contribution in [3.63, 3.8) is 0 Å². The fourth-order valence-corrected chi connectivity index (χ4v) is 6.58. The first-order chi connectivity index (χ1) is 26.5. The van der Waals surface area contributed by atoms with Gasteiger partial charge in [-0.25, -0.2) is 9.78 Å². The van der Waals surface area contributed by atoms with E-state index in [9.17, 15) is 14.4 Å². The summed E-state index contributed by atoms with van der Waals surface area (Å²) in [5.74, 6) is -0.671. The predicted octanol–water partition coefficient (Wildman–Crippen LogP) is 7.30. The first-order valence-corrected chi connectivity index (χ1v) is 18.4. The van der Waals surface area contributed by atoms with E-state index in [0.29, 0.717) is 18.5 Å². The molecule has 11 heteroatoms. The van der Waals surface area contributed by atoms with Gasteiger partial charge in [0.05, 0.1) is 12.0 Å². The van der Waals surface area contributed by atoms with Crippen LogP contribution >= 0.6 is 0 Å². The molecule has 0 aliphatic rings. The molecule has 55 heavy (non-hydrogen) atoms. The summed E-state index contributed by atoms with van der Waals surface area (Å²) in [4.78, 5) is 52.8. The molecule has 282 valence electrons. The quantitative estimate of drug-likeness (QED) is 0.0525. The van der Waals surface area contributed by atoms with Crippen molar-refractivity contribution in [2.45, 2.75) is 51.2 Å². The molecule has 0 bridgehead atoms. The van der Waals surface area contributed by atoms with Gasteiger partial charge in [-0.15, -0.1) is 0 Å². The number of carbonyl (C=O) groups is 3. The molecular formula is C44H47N7O4. The molecule has 2 heterocycles. The maximum absolute atomic E-state index is 13.1. The average molecular weight is 738 g/mol. The fraction of sp³-hybridized carbons (Fsp3) is 0.250. The number of hydrogen-bond acceptors (Lipinski definition) is 6. The third kappa shape index (κ3) is 9.36. The highest BCUT2D eigenvalue weighted by Gasteiger charge is 2.38. The first-order valence-electron chi connectivity index (χ1n) is 18.4. The summed E-state index contributed by atoms with van der Waals surface area (Å²) in [7, 11) is 1.64. The largest absolute Gasteiger partial charge is 0.444 e. The lowest BCUT2D eigenvalue weighted by Gasteiger charge is -2.37. The highest BCUT2D eigenvalue weighted by Crippen LogP contribution is 2.40. The molecule has 6 rings (SSSR count). The number of nitrogens with one attached hydrogen (secondary N) is 3. The zero-order chi connectivity index (χ0) is 38.8. The van der Waals surface area contributed by atoms with Crippen LogP contribution in [0.15, 0.2) is 139 Å². The average Bonchev–Trinajstić information content (AvgIpc) is 3.84. The summed E-state index contributed by atoms with van der Waals surface area (Å²) in [5.41, 5.74) is 4.05. The number of guanidine groups is 1. The number of fused-ring (bicyclic) bond motifs is 1. The number of aromatic nitrogens is 3. The number of H-pyrrole nitrogens is 1. The molecule has 0 radical (unpaired) electrons. The number of hydrogen-bond donors (Lipinski definition) is 3. The lowest BCUT2D eigenvalue weighted by atomic mass is 9.77. The lowest BCUT2D eigenvalue weighted by molar-refractivity contribution is -0.119. The monoisotopic (exact) mass is 737 g/mol. The smallest absolute Gasteiger partial charge is 0.414 e. The van der Waals surface area contributed by atoms with Gasteiger partial charge in [-0.05, 0) is 62.4 Å². The molecule has 4 aromatic carbocycles. The van der Waals surface area contributed by atoms with Crippen LogP contribution in [0.4, 0.5) is 4.79 Å². The summed E-state index contributed by atoms with van der Waals surface area (Å²) in [6.45, 7) is 5.70. The number of aliphatic imine (C=N–C) groups is 1. The number of para-hydroxylation sites is 1. The first kappa shape index (κ1) is 38.2. The molecule has 0 atom stereocenters. The van der Waals surface area contributed by atoms with Crippen molar-refractivity contribution in [1.29, 1.82) is 0 Å². The van der Waals surface area contributed by atoms with Crippen molar-refractivity contribution in [2.24, 2.45) is 4.99 Å². The molecule has 6 aromatic rings. The van der Waals surface area contributed by atoms with E-state index in [-0.39, 0.29) is 31.4 Å². The molecule has 0 spiro atoms. The summed E-state index contributed by atoms with van der Waals surface area (Å²) in [6.07, 6.45) is 4.38. The topological polar surface area (TPSA) is 134 Å². The van der Waals surface area contributed by atoms with Crippen LogP contribution < -0.4 is 10.6 Å². The van der Waals surface area contributed by atoms with Crippen LogP contribution in [0.1, 0.15) is 66.5 Å². The molecule has 0 saturated heterocycles. The van der Waals surface area contributed by atoms with E-state index in [1.54, 1.807) is 33.9 Å². The molecule has 3 amide bonds. The SMILES string of the molecule is CN(CCC(=O)NC(=NCCCc1cn(C(c2ccccc2)(c2ccccc2)c2ccccc2)cn1)NC(=O)OC(C)(C)C)C(=O)c1cc2ccccc2[nH]1.